The molecular weight excluding hydrogens is 280 g/mol. The van der Waals surface area contributed by atoms with Crippen molar-refractivity contribution in [1.29, 1.82) is 0 Å². The van der Waals surface area contributed by atoms with Gasteiger partial charge in [0.15, 0.2) is 0 Å². The molecule has 86 valence electrons. The summed E-state index contributed by atoms with van der Waals surface area (Å²) >= 11 is 3.39. The number of nitrogens with zero attached hydrogens (tertiary/aromatic N) is 1. The van der Waals surface area contributed by atoms with Crippen molar-refractivity contribution in [3.63, 3.8) is 0 Å². The number of anilines is 1. The van der Waals surface area contributed by atoms with Crippen LogP contribution in [0.3, 0.4) is 0 Å². The summed E-state index contributed by atoms with van der Waals surface area (Å²) in [5, 5.41) is 3.59. The standard InChI is InChI=1S/C13H11BrN2O/c14-9-11-3-1-2-4-12(11)16-13(17)10-5-7-15-8-6-10/h1-8H,9H2,(H,16,17). The predicted molar refractivity (Wildman–Crippen MR) is 71.3 cm³/mol. The molecule has 1 N–H and O–H groups in total. The molecule has 17 heavy (non-hydrogen) atoms. The second kappa shape index (κ2) is 5.59. The lowest BCUT2D eigenvalue weighted by Crippen LogP contribution is -2.12. The van der Waals surface area contributed by atoms with Gasteiger partial charge >= 0.3 is 0 Å². The minimum Gasteiger partial charge on any atom is -0.322 e. The van der Waals surface area contributed by atoms with Crippen LogP contribution in [0.1, 0.15) is 15.9 Å². The highest BCUT2D eigenvalue weighted by molar-refractivity contribution is 9.08. The Hall–Kier alpha value is -1.68. The lowest BCUT2D eigenvalue weighted by molar-refractivity contribution is 0.102. The number of hydrogen-bond donors (Lipinski definition) is 1. The summed E-state index contributed by atoms with van der Waals surface area (Å²) in [4.78, 5) is 15.8. The molecule has 1 heterocycles. The molecule has 1 aromatic heterocycles. The van der Waals surface area contributed by atoms with Crippen LogP contribution in [0.25, 0.3) is 0 Å². The number of amides is 1. The van der Waals surface area contributed by atoms with Gasteiger partial charge in [0, 0.05) is 29.0 Å². The van der Waals surface area contributed by atoms with Gasteiger partial charge in [-0.15, -0.1) is 0 Å². The number of carbonyl (C=O) groups is 1. The van der Waals surface area contributed by atoms with E-state index in [9.17, 15) is 4.79 Å². The van der Waals surface area contributed by atoms with Gasteiger partial charge in [-0.2, -0.15) is 0 Å². The predicted octanol–water partition coefficient (Wildman–Crippen LogP) is 3.23. The van der Waals surface area contributed by atoms with E-state index < -0.39 is 0 Å². The first-order chi connectivity index (χ1) is 8.31. The van der Waals surface area contributed by atoms with E-state index in [1.54, 1.807) is 24.5 Å². The number of aromatic nitrogens is 1. The zero-order valence-electron chi connectivity index (χ0n) is 9.06. The summed E-state index contributed by atoms with van der Waals surface area (Å²) in [6, 6.07) is 11.1. The SMILES string of the molecule is O=C(Nc1ccccc1CBr)c1ccncc1. The van der Waals surface area contributed by atoms with Crippen LogP contribution in [0.15, 0.2) is 48.8 Å². The first-order valence-electron chi connectivity index (χ1n) is 5.16. The maximum Gasteiger partial charge on any atom is 0.255 e. The van der Waals surface area contributed by atoms with Crippen LogP contribution >= 0.6 is 15.9 Å². The Kier molecular flexibility index (Phi) is 3.88. The van der Waals surface area contributed by atoms with Crippen molar-refractivity contribution >= 4 is 27.5 Å². The Balaban J connectivity index is 2.19. The van der Waals surface area contributed by atoms with Gasteiger partial charge in [-0.1, -0.05) is 34.1 Å². The largest absolute Gasteiger partial charge is 0.322 e. The van der Waals surface area contributed by atoms with Crippen LogP contribution < -0.4 is 5.32 Å². The van der Waals surface area contributed by atoms with E-state index in [1.807, 2.05) is 24.3 Å². The number of hydrogen-bond acceptors (Lipinski definition) is 2. The summed E-state index contributed by atoms with van der Waals surface area (Å²) in [5.41, 5.74) is 2.48. The van der Waals surface area contributed by atoms with Gasteiger partial charge in [0.05, 0.1) is 0 Å². The lowest BCUT2D eigenvalue weighted by atomic mass is 10.2. The fourth-order valence-electron chi connectivity index (χ4n) is 1.46. The monoisotopic (exact) mass is 290 g/mol. The first kappa shape index (κ1) is 11.8. The van der Waals surface area contributed by atoms with Crippen LogP contribution in [0.2, 0.25) is 0 Å². The average Bonchev–Trinajstić information content (AvgIpc) is 2.40. The third-order valence-corrected chi connectivity index (χ3v) is 2.96. The Morgan fingerprint density at radius 2 is 1.88 bits per heavy atom. The van der Waals surface area contributed by atoms with Gasteiger partial charge < -0.3 is 5.32 Å². The highest BCUT2D eigenvalue weighted by atomic mass is 79.9. The molecule has 2 aromatic rings. The summed E-state index contributed by atoms with van der Waals surface area (Å²) in [6.07, 6.45) is 3.20. The molecule has 0 fully saturated rings. The fourth-order valence-corrected chi connectivity index (χ4v) is 1.95. The molecule has 2 rings (SSSR count). The summed E-state index contributed by atoms with van der Waals surface area (Å²) in [6.45, 7) is 0. The van der Waals surface area contributed by atoms with Gasteiger partial charge in [0.25, 0.3) is 5.91 Å². The highest BCUT2D eigenvalue weighted by Crippen LogP contribution is 2.18. The molecule has 0 saturated carbocycles. The van der Waals surface area contributed by atoms with E-state index in [0.717, 1.165) is 11.3 Å². The van der Waals surface area contributed by atoms with Crippen molar-refractivity contribution < 1.29 is 4.79 Å². The fraction of sp³-hybridized carbons (Fsp3) is 0.0769. The number of para-hydroxylation sites is 1. The maximum absolute atomic E-state index is 11.9. The Labute approximate surface area is 108 Å². The van der Waals surface area contributed by atoms with Gasteiger partial charge in [-0.25, -0.2) is 0 Å². The second-order valence-electron chi connectivity index (χ2n) is 3.48. The van der Waals surface area contributed by atoms with E-state index in [4.69, 9.17) is 0 Å². The van der Waals surface area contributed by atoms with Crippen molar-refractivity contribution in [1.82, 2.24) is 4.98 Å². The highest BCUT2D eigenvalue weighted by Gasteiger charge is 2.07. The van der Waals surface area contributed by atoms with Gasteiger partial charge in [0.2, 0.25) is 0 Å². The Morgan fingerprint density at radius 1 is 1.18 bits per heavy atom. The smallest absolute Gasteiger partial charge is 0.255 e. The summed E-state index contributed by atoms with van der Waals surface area (Å²) in [5.74, 6) is -0.124. The molecule has 0 bridgehead atoms. The van der Waals surface area contributed by atoms with Gasteiger partial charge in [-0.05, 0) is 23.8 Å². The first-order valence-corrected chi connectivity index (χ1v) is 6.28. The molecule has 0 radical (unpaired) electrons. The molecule has 0 atom stereocenters. The summed E-state index contributed by atoms with van der Waals surface area (Å²) in [7, 11) is 0. The number of benzene rings is 1. The van der Waals surface area contributed by atoms with Crippen LogP contribution in [-0.2, 0) is 5.33 Å². The number of halogens is 1. The molecule has 1 amide bonds. The van der Waals surface area contributed by atoms with Crippen molar-refractivity contribution in [2.24, 2.45) is 0 Å². The Bertz CT molecular complexity index is 514. The number of rotatable bonds is 3. The number of nitrogens with one attached hydrogen (secondary N) is 1. The van der Waals surface area contributed by atoms with Crippen molar-refractivity contribution in [3.05, 3.63) is 59.9 Å². The van der Waals surface area contributed by atoms with Crippen molar-refractivity contribution in [2.75, 3.05) is 5.32 Å². The van der Waals surface area contributed by atoms with E-state index in [2.05, 4.69) is 26.2 Å². The number of carbonyl (C=O) groups excluding carboxylic acids is 1. The van der Waals surface area contributed by atoms with Crippen molar-refractivity contribution in [2.45, 2.75) is 5.33 Å². The van der Waals surface area contributed by atoms with Crippen LogP contribution in [0.4, 0.5) is 5.69 Å². The minimum absolute atomic E-state index is 0.124. The van der Waals surface area contributed by atoms with E-state index in [-0.39, 0.29) is 5.91 Å². The van der Waals surface area contributed by atoms with Crippen LogP contribution in [0, 0.1) is 0 Å². The maximum atomic E-state index is 11.9. The van der Waals surface area contributed by atoms with Crippen LogP contribution in [0.5, 0.6) is 0 Å². The molecule has 0 saturated heterocycles. The average molecular weight is 291 g/mol. The lowest BCUT2D eigenvalue weighted by Gasteiger charge is -2.08. The molecule has 0 unspecified atom stereocenters. The summed E-state index contributed by atoms with van der Waals surface area (Å²) < 4.78 is 0. The van der Waals surface area contributed by atoms with E-state index in [1.165, 1.54) is 0 Å². The third-order valence-electron chi connectivity index (χ3n) is 2.35. The van der Waals surface area contributed by atoms with E-state index in [0.29, 0.717) is 10.9 Å². The molecule has 3 nitrogen and oxygen atoms in total. The molecule has 0 aliphatic rings. The van der Waals surface area contributed by atoms with Gasteiger partial charge in [0.1, 0.15) is 0 Å². The molecule has 1 aromatic carbocycles. The number of pyridine rings is 1. The molecule has 0 aliphatic carbocycles. The molecule has 0 spiro atoms. The molecule has 4 heteroatoms. The number of alkyl halides is 1. The quantitative estimate of drug-likeness (QED) is 0.882. The minimum atomic E-state index is -0.124. The Morgan fingerprint density at radius 3 is 2.59 bits per heavy atom. The van der Waals surface area contributed by atoms with E-state index >= 15 is 0 Å². The topological polar surface area (TPSA) is 42.0 Å². The van der Waals surface area contributed by atoms with Crippen LogP contribution in [-0.4, -0.2) is 10.9 Å². The molecular formula is C13H11BrN2O. The second-order valence-corrected chi connectivity index (χ2v) is 4.04. The molecule has 0 aliphatic heterocycles. The zero-order valence-corrected chi connectivity index (χ0v) is 10.6. The van der Waals surface area contributed by atoms with Gasteiger partial charge in [-0.3, -0.25) is 9.78 Å². The normalized spacial score (nSPS) is 9.94. The van der Waals surface area contributed by atoms with Crippen molar-refractivity contribution in [3.8, 4) is 0 Å². The zero-order chi connectivity index (χ0) is 12.1. The third kappa shape index (κ3) is 2.91.